The molecule has 0 spiro atoms. The third kappa shape index (κ3) is 4.72. The lowest BCUT2D eigenvalue weighted by Gasteiger charge is -2.15. The zero-order valence-electron chi connectivity index (χ0n) is 18.0. The second-order valence-corrected chi connectivity index (χ2v) is 7.19. The number of carbonyl (C=O) groups excluding carboxylic acids is 1. The number of benzene rings is 2. The predicted molar refractivity (Wildman–Crippen MR) is 122 cm³/mol. The quantitative estimate of drug-likeness (QED) is 0.440. The number of rotatable bonds is 7. The molecule has 168 valence electrons. The van der Waals surface area contributed by atoms with Gasteiger partial charge in [-0.1, -0.05) is 6.07 Å². The molecule has 2 heterocycles. The van der Waals surface area contributed by atoms with E-state index in [0.29, 0.717) is 51.5 Å². The van der Waals surface area contributed by atoms with E-state index in [1.807, 2.05) is 6.07 Å². The highest BCUT2D eigenvalue weighted by Gasteiger charge is 2.16. The average Bonchev–Trinajstić information content (AvgIpc) is 2.85. The minimum absolute atomic E-state index is 0.117. The summed E-state index contributed by atoms with van der Waals surface area (Å²) in [7, 11) is 3.08. The summed E-state index contributed by atoms with van der Waals surface area (Å²) in [6.07, 6.45) is 3.55. The Labute approximate surface area is 188 Å². The number of fused-ring (bicyclic) bond motifs is 1. The van der Waals surface area contributed by atoms with E-state index < -0.39 is 11.6 Å². The van der Waals surface area contributed by atoms with Crippen molar-refractivity contribution in [1.82, 2.24) is 20.3 Å². The second-order valence-electron chi connectivity index (χ2n) is 7.19. The maximum Gasteiger partial charge on any atom is 0.221 e. The van der Waals surface area contributed by atoms with E-state index in [0.717, 1.165) is 12.1 Å². The van der Waals surface area contributed by atoms with Gasteiger partial charge in [-0.2, -0.15) is 0 Å². The van der Waals surface area contributed by atoms with Crippen LogP contribution in [0.15, 0.2) is 54.9 Å². The van der Waals surface area contributed by atoms with Gasteiger partial charge in [-0.15, -0.1) is 0 Å². The first-order valence-corrected chi connectivity index (χ1v) is 10.2. The van der Waals surface area contributed by atoms with Crippen LogP contribution in [0.2, 0.25) is 0 Å². The summed E-state index contributed by atoms with van der Waals surface area (Å²) in [5.41, 5.74) is 2.31. The van der Waals surface area contributed by atoms with Crippen LogP contribution in [-0.4, -0.2) is 41.6 Å². The lowest BCUT2D eigenvalue weighted by molar-refractivity contribution is -0.120. The summed E-state index contributed by atoms with van der Waals surface area (Å²) in [5.74, 6) is -0.642. The van der Waals surface area contributed by atoms with E-state index in [-0.39, 0.29) is 12.3 Å². The van der Waals surface area contributed by atoms with Crippen molar-refractivity contribution in [3.63, 3.8) is 0 Å². The molecule has 0 fully saturated rings. The lowest BCUT2D eigenvalue weighted by atomic mass is 10.0. The number of nitrogens with zero attached hydrogens (tertiary/aromatic N) is 3. The number of methoxy groups -OCH3 is 1. The van der Waals surface area contributed by atoms with Gasteiger partial charge >= 0.3 is 0 Å². The molecule has 0 aliphatic rings. The number of hydrogen-bond donors (Lipinski definition) is 2. The highest BCUT2D eigenvalue weighted by atomic mass is 19.2. The van der Waals surface area contributed by atoms with Crippen molar-refractivity contribution in [1.29, 1.82) is 0 Å². The number of pyridine rings is 1. The smallest absolute Gasteiger partial charge is 0.221 e. The fourth-order valence-corrected chi connectivity index (χ4v) is 3.38. The van der Waals surface area contributed by atoms with Gasteiger partial charge < -0.3 is 15.4 Å². The van der Waals surface area contributed by atoms with Crippen molar-refractivity contribution in [3.8, 4) is 28.3 Å². The number of aromatic nitrogens is 3. The summed E-state index contributed by atoms with van der Waals surface area (Å²) in [5, 5.41) is 6.38. The topological polar surface area (TPSA) is 89.0 Å². The normalized spacial score (nSPS) is 10.8. The Balaban J connectivity index is 1.88. The van der Waals surface area contributed by atoms with Crippen LogP contribution in [0.5, 0.6) is 5.75 Å². The monoisotopic (exact) mass is 449 g/mol. The molecule has 0 atom stereocenters. The zero-order chi connectivity index (χ0) is 23.4. The highest BCUT2D eigenvalue weighted by Crippen LogP contribution is 2.36. The Morgan fingerprint density at radius 2 is 1.88 bits per heavy atom. The maximum atomic E-state index is 13.9. The molecule has 0 saturated carbocycles. The molecule has 0 aliphatic heterocycles. The summed E-state index contributed by atoms with van der Waals surface area (Å²) < 4.78 is 32.9. The molecule has 4 aromatic rings. The second kappa shape index (κ2) is 9.56. The Kier molecular flexibility index (Phi) is 6.39. The van der Waals surface area contributed by atoms with Gasteiger partial charge in [0.05, 0.1) is 7.11 Å². The number of carbonyl (C=O) groups is 1. The van der Waals surface area contributed by atoms with E-state index in [1.165, 1.54) is 13.2 Å². The van der Waals surface area contributed by atoms with Crippen LogP contribution in [0.3, 0.4) is 0 Å². The van der Waals surface area contributed by atoms with Crippen molar-refractivity contribution in [2.24, 2.45) is 0 Å². The van der Waals surface area contributed by atoms with Crippen LogP contribution in [-0.2, 0) is 4.79 Å². The molecule has 2 aromatic heterocycles. The van der Waals surface area contributed by atoms with Gasteiger partial charge in [0.2, 0.25) is 5.91 Å². The number of anilines is 1. The van der Waals surface area contributed by atoms with Crippen LogP contribution in [0.4, 0.5) is 14.6 Å². The Morgan fingerprint density at radius 3 is 2.58 bits per heavy atom. The van der Waals surface area contributed by atoms with E-state index in [4.69, 9.17) is 4.74 Å². The third-order valence-corrected chi connectivity index (χ3v) is 5.08. The number of ether oxygens (including phenoxy) is 1. The van der Waals surface area contributed by atoms with E-state index >= 15 is 0 Å². The van der Waals surface area contributed by atoms with Crippen LogP contribution < -0.4 is 15.4 Å². The zero-order valence-corrected chi connectivity index (χ0v) is 18.0. The number of nitrogens with one attached hydrogen (secondary N) is 2. The van der Waals surface area contributed by atoms with E-state index in [1.54, 1.807) is 37.6 Å². The average molecular weight is 449 g/mol. The van der Waals surface area contributed by atoms with Gasteiger partial charge in [-0.05, 0) is 47.5 Å². The van der Waals surface area contributed by atoms with Gasteiger partial charge in [0.25, 0.3) is 0 Å². The molecule has 7 nitrogen and oxygen atoms in total. The van der Waals surface area contributed by atoms with Crippen molar-refractivity contribution >= 4 is 22.6 Å². The molecule has 0 radical (unpaired) electrons. The van der Waals surface area contributed by atoms with E-state index in [2.05, 4.69) is 25.6 Å². The minimum atomic E-state index is -0.946. The molecule has 9 heteroatoms. The molecule has 33 heavy (non-hydrogen) atoms. The number of amides is 1. The molecule has 2 aromatic carbocycles. The largest absolute Gasteiger partial charge is 0.494 e. The molecular weight excluding hydrogens is 428 g/mol. The number of halogens is 2. The first-order valence-electron chi connectivity index (χ1n) is 10.2. The Bertz CT molecular complexity index is 1320. The van der Waals surface area contributed by atoms with Gasteiger partial charge in [0.15, 0.2) is 17.5 Å². The lowest BCUT2D eigenvalue weighted by Crippen LogP contribution is -2.21. The molecule has 1 amide bonds. The summed E-state index contributed by atoms with van der Waals surface area (Å²) in [6, 6.07) is 10.8. The van der Waals surface area contributed by atoms with Gasteiger partial charge in [-0.25, -0.2) is 18.7 Å². The van der Waals surface area contributed by atoms with Crippen molar-refractivity contribution < 1.29 is 18.3 Å². The van der Waals surface area contributed by atoms with Crippen LogP contribution in [0, 0.1) is 11.6 Å². The molecule has 2 N–H and O–H groups in total. The highest BCUT2D eigenvalue weighted by molar-refractivity contribution is 5.98. The van der Waals surface area contributed by atoms with Crippen molar-refractivity contribution in [2.45, 2.75) is 6.42 Å². The molecule has 4 rings (SSSR count). The van der Waals surface area contributed by atoms with Crippen LogP contribution >= 0.6 is 0 Å². The van der Waals surface area contributed by atoms with Crippen LogP contribution in [0.25, 0.3) is 33.4 Å². The van der Waals surface area contributed by atoms with Crippen LogP contribution in [0.1, 0.15) is 6.42 Å². The summed E-state index contributed by atoms with van der Waals surface area (Å²) in [6.45, 7) is 0.329. The fourth-order valence-electron chi connectivity index (χ4n) is 3.38. The summed E-state index contributed by atoms with van der Waals surface area (Å²) in [4.78, 5) is 25.1. The summed E-state index contributed by atoms with van der Waals surface area (Å²) >= 11 is 0. The molecular formula is C24H21F2N5O2. The van der Waals surface area contributed by atoms with Crippen molar-refractivity contribution in [2.75, 3.05) is 26.0 Å². The third-order valence-electron chi connectivity index (χ3n) is 5.08. The Morgan fingerprint density at radius 1 is 1.03 bits per heavy atom. The molecule has 0 unspecified atom stereocenters. The molecule has 0 aliphatic carbocycles. The van der Waals surface area contributed by atoms with Gasteiger partial charge in [0, 0.05) is 43.4 Å². The SMILES string of the molecule is CNC(=O)CCNc1nc(-c2cccnc2)nc2c(OC)cc(-c3ccc(F)c(F)c3)cc12. The molecule has 0 saturated heterocycles. The standard InChI is InChI=1S/C24H21F2N5O2/c1-27-21(32)7-9-29-24-17-10-16(14-5-6-18(25)19(26)11-14)12-20(33-2)22(17)30-23(31-24)15-4-3-8-28-13-15/h3-6,8,10-13H,7,9H2,1-2H3,(H,27,32)(H,29,30,31). The molecule has 0 bridgehead atoms. The predicted octanol–water partition coefficient (Wildman–Crippen LogP) is 4.19. The maximum absolute atomic E-state index is 13.9. The van der Waals surface area contributed by atoms with E-state index in [9.17, 15) is 13.6 Å². The number of hydrogen-bond acceptors (Lipinski definition) is 6. The van der Waals surface area contributed by atoms with Crippen molar-refractivity contribution in [3.05, 3.63) is 66.5 Å². The first kappa shape index (κ1) is 22.1. The fraction of sp³-hybridized carbons (Fsp3) is 0.167. The minimum Gasteiger partial charge on any atom is -0.494 e. The Hall–Kier alpha value is -4.14. The van der Waals surface area contributed by atoms with Gasteiger partial charge in [-0.3, -0.25) is 9.78 Å². The van der Waals surface area contributed by atoms with Gasteiger partial charge in [0.1, 0.15) is 17.1 Å². The first-order chi connectivity index (χ1) is 16.0.